The molecule has 0 aliphatic carbocycles. The van der Waals surface area contributed by atoms with E-state index in [9.17, 15) is 0 Å². The van der Waals surface area contributed by atoms with E-state index in [2.05, 4.69) is 24.7 Å². The van der Waals surface area contributed by atoms with Gasteiger partial charge in [0.2, 0.25) is 0 Å². The molecule has 1 aromatic rings. The summed E-state index contributed by atoms with van der Waals surface area (Å²) < 4.78 is 1.95. The molecule has 0 unspecified atom stereocenters. The molecule has 0 spiro atoms. The molecule has 2 heteroatoms. The zero-order valence-corrected chi connectivity index (χ0v) is 9.17. The Bertz CT molecular complexity index is 236. The topological polar surface area (TPSA) is 17.8 Å². The molecule has 74 valence electrons. The molecule has 0 bridgehead atoms. The third kappa shape index (κ3) is 5.01. The fourth-order valence-electron chi connectivity index (χ4n) is 0.777. The molecule has 1 aromatic heterocycles. The van der Waals surface area contributed by atoms with Gasteiger partial charge in [0.15, 0.2) is 0 Å². The minimum Gasteiger partial charge on any atom is -0.334 e. The van der Waals surface area contributed by atoms with Crippen molar-refractivity contribution < 1.29 is 0 Å². The summed E-state index contributed by atoms with van der Waals surface area (Å²) in [6, 6.07) is 0. The van der Waals surface area contributed by atoms with Crippen molar-refractivity contribution >= 4 is 5.57 Å². The first-order valence-electron chi connectivity index (χ1n) is 4.35. The summed E-state index contributed by atoms with van der Waals surface area (Å²) >= 11 is 0. The number of imidazole rings is 1. The number of hydrogen-bond donors (Lipinski definition) is 0. The van der Waals surface area contributed by atoms with Gasteiger partial charge in [-0.05, 0) is 12.5 Å². The minimum absolute atomic E-state index is 0.954. The van der Waals surface area contributed by atoms with E-state index >= 15 is 0 Å². The number of rotatable bonds is 1. The third-order valence-electron chi connectivity index (χ3n) is 1.20. The molecule has 2 nitrogen and oxygen atoms in total. The third-order valence-corrected chi connectivity index (χ3v) is 1.20. The summed E-state index contributed by atoms with van der Waals surface area (Å²) in [6.07, 6.45) is 3.67. The molecule has 0 saturated carbocycles. The maximum absolute atomic E-state index is 4.08. The molecule has 0 saturated heterocycles. The largest absolute Gasteiger partial charge is 0.334 e. The average Bonchev–Trinajstić information content (AvgIpc) is 2.58. The van der Waals surface area contributed by atoms with Gasteiger partial charge < -0.3 is 4.57 Å². The highest BCUT2D eigenvalue weighted by atomic mass is 15.0. The fourth-order valence-corrected chi connectivity index (χ4v) is 0.777. The monoisotopic (exact) mass is 180 g/mol. The van der Waals surface area contributed by atoms with Crippen LogP contribution in [0.4, 0.5) is 0 Å². The lowest BCUT2D eigenvalue weighted by molar-refractivity contribution is 0.889. The Kier molecular flexibility index (Phi) is 9.61. The van der Waals surface area contributed by atoms with Gasteiger partial charge in [-0.1, -0.05) is 20.4 Å². The highest BCUT2D eigenvalue weighted by molar-refractivity contribution is 5.54. The SMILES string of the molecule is C=C.C=C(C)c1nccn1C.CC. The van der Waals surface area contributed by atoms with Gasteiger partial charge in [-0.15, -0.1) is 13.2 Å². The molecule has 1 heterocycles. The maximum atomic E-state index is 4.08. The van der Waals surface area contributed by atoms with Crippen molar-refractivity contribution in [3.05, 3.63) is 38.0 Å². The van der Waals surface area contributed by atoms with E-state index < -0.39 is 0 Å². The molecule has 0 aromatic carbocycles. The van der Waals surface area contributed by atoms with Crippen LogP contribution in [-0.4, -0.2) is 9.55 Å². The predicted molar refractivity (Wildman–Crippen MR) is 60.5 cm³/mol. The van der Waals surface area contributed by atoms with Gasteiger partial charge in [0.05, 0.1) is 0 Å². The summed E-state index contributed by atoms with van der Waals surface area (Å²) in [6.45, 7) is 15.7. The summed E-state index contributed by atoms with van der Waals surface area (Å²) in [5, 5.41) is 0. The molecule has 0 aliphatic heterocycles. The van der Waals surface area contributed by atoms with Gasteiger partial charge in [-0.2, -0.15) is 0 Å². The number of nitrogens with zero attached hydrogens (tertiary/aromatic N) is 2. The average molecular weight is 180 g/mol. The molecule has 0 radical (unpaired) electrons. The normalized spacial score (nSPS) is 7.38. The van der Waals surface area contributed by atoms with E-state index in [1.165, 1.54) is 0 Å². The van der Waals surface area contributed by atoms with E-state index in [1.807, 2.05) is 38.6 Å². The zero-order chi connectivity index (χ0) is 10.9. The second-order valence-electron chi connectivity index (χ2n) is 2.14. The quantitative estimate of drug-likeness (QED) is 0.606. The predicted octanol–water partition coefficient (Wildman–Crippen LogP) is 3.28. The standard InChI is InChI=1S/C7H10N2.C2H6.C2H4/c1-6(2)7-8-4-5-9(7)3;2*1-2/h4-5H,1H2,2-3H3;1-2H3;1-2H2. The molecule has 0 fully saturated rings. The Morgan fingerprint density at radius 1 is 1.38 bits per heavy atom. The van der Waals surface area contributed by atoms with Crippen molar-refractivity contribution in [2.75, 3.05) is 0 Å². The fraction of sp³-hybridized carbons (Fsp3) is 0.364. The van der Waals surface area contributed by atoms with Crippen LogP contribution in [0.25, 0.3) is 5.57 Å². The molecule has 0 amide bonds. The lowest BCUT2D eigenvalue weighted by Crippen LogP contribution is -1.92. The van der Waals surface area contributed by atoms with Gasteiger partial charge in [-0.25, -0.2) is 4.98 Å². The molecule has 1 rings (SSSR count). The van der Waals surface area contributed by atoms with Gasteiger partial charge in [0.1, 0.15) is 5.82 Å². The van der Waals surface area contributed by atoms with Gasteiger partial charge >= 0.3 is 0 Å². The Hall–Kier alpha value is -1.31. The second-order valence-corrected chi connectivity index (χ2v) is 2.14. The second kappa shape index (κ2) is 8.78. The van der Waals surface area contributed by atoms with Crippen molar-refractivity contribution in [1.82, 2.24) is 9.55 Å². The van der Waals surface area contributed by atoms with Crippen LogP contribution in [0.2, 0.25) is 0 Å². The summed E-state index contributed by atoms with van der Waals surface area (Å²) in [4.78, 5) is 4.08. The first-order chi connectivity index (χ1) is 6.22. The summed E-state index contributed by atoms with van der Waals surface area (Å²) in [7, 11) is 1.96. The van der Waals surface area contributed by atoms with E-state index in [1.54, 1.807) is 6.20 Å². The van der Waals surface area contributed by atoms with Crippen molar-refractivity contribution in [3.8, 4) is 0 Å². The smallest absolute Gasteiger partial charge is 0.134 e. The van der Waals surface area contributed by atoms with E-state index in [0.717, 1.165) is 11.4 Å². The van der Waals surface area contributed by atoms with Crippen molar-refractivity contribution in [2.24, 2.45) is 7.05 Å². The number of aromatic nitrogens is 2. The van der Waals surface area contributed by atoms with Crippen LogP contribution in [-0.2, 0) is 7.05 Å². The van der Waals surface area contributed by atoms with Crippen molar-refractivity contribution in [1.29, 1.82) is 0 Å². The summed E-state index contributed by atoms with van der Waals surface area (Å²) in [5.41, 5.74) is 1.00. The van der Waals surface area contributed by atoms with Crippen LogP contribution in [0.5, 0.6) is 0 Å². The van der Waals surface area contributed by atoms with Crippen LogP contribution >= 0.6 is 0 Å². The van der Waals surface area contributed by atoms with Gasteiger partial charge in [0.25, 0.3) is 0 Å². The highest BCUT2D eigenvalue weighted by Crippen LogP contribution is 2.05. The lowest BCUT2D eigenvalue weighted by atomic mass is 10.3. The highest BCUT2D eigenvalue weighted by Gasteiger charge is 1.95. The van der Waals surface area contributed by atoms with Gasteiger partial charge in [-0.3, -0.25) is 0 Å². The Morgan fingerprint density at radius 2 is 1.85 bits per heavy atom. The number of allylic oxidation sites excluding steroid dienone is 1. The first-order valence-corrected chi connectivity index (χ1v) is 4.35. The maximum Gasteiger partial charge on any atom is 0.134 e. The van der Waals surface area contributed by atoms with Crippen LogP contribution < -0.4 is 0 Å². The minimum atomic E-state index is 0.954. The van der Waals surface area contributed by atoms with E-state index in [-0.39, 0.29) is 0 Å². The first kappa shape index (κ1) is 14.2. The molecule has 0 aliphatic rings. The zero-order valence-electron chi connectivity index (χ0n) is 9.17. The van der Waals surface area contributed by atoms with Crippen LogP contribution in [0, 0.1) is 0 Å². The Balaban J connectivity index is 0. The van der Waals surface area contributed by atoms with Gasteiger partial charge in [0, 0.05) is 19.4 Å². The summed E-state index contributed by atoms with van der Waals surface area (Å²) in [5.74, 6) is 0.954. The van der Waals surface area contributed by atoms with Crippen LogP contribution in [0.1, 0.15) is 26.6 Å². The molecule has 0 atom stereocenters. The van der Waals surface area contributed by atoms with E-state index in [0.29, 0.717) is 0 Å². The van der Waals surface area contributed by atoms with Crippen LogP contribution in [0.15, 0.2) is 32.1 Å². The van der Waals surface area contributed by atoms with Crippen molar-refractivity contribution in [2.45, 2.75) is 20.8 Å². The number of hydrogen-bond acceptors (Lipinski definition) is 1. The lowest BCUT2D eigenvalue weighted by Gasteiger charge is -1.96. The Labute approximate surface area is 81.6 Å². The molecular weight excluding hydrogens is 160 g/mol. The number of aryl methyl sites for hydroxylation is 1. The molecule has 13 heavy (non-hydrogen) atoms. The molecule has 0 N–H and O–H groups in total. The van der Waals surface area contributed by atoms with E-state index in [4.69, 9.17) is 0 Å². The van der Waals surface area contributed by atoms with Crippen LogP contribution in [0.3, 0.4) is 0 Å². The van der Waals surface area contributed by atoms with Crippen molar-refractivity contribution in [3.63, 3.8) is 0 Å². The Morgan fingerprint density at radius 3 is 2.00 bits per heavy atom. The molecular formula is C11H20N2.